The molecule has 1 aromatic heterocycles. The van der Waals surface area contributed by atoms with Crippen LogP contribution in [0.15, 0.2) is 45.5 Å². The zero-order chi connectivity index (χ0) is 12.5. The molecule has 2 aromatic rings. The number of aromatic nitrogens is 1. The summed E-state index contributed by atoms with van der Waals surface area (Å²) in [6, 6.07) is 11.1. The fourth-order valence-electron chi connectivity index (χ4n) is 2.38. The van der Waals surface area contributed by atoms with E-state index in [-0.39, 0.29) is 0 Å². The van der Waals surface area contributed by atoms with E-state index in [1.54, 1.807) is 0 Å². The number of anilines is 1. The number of pyridine rings is 1. The maximum Gasteiger partial charge on any atom is 0.140 e. The van der Waals surface area contributed by atoms with Crippen molar-refractivity contribution < 1.29 is 0 Å². The molecule has 4 heteroatoms. The van der Waals surface area contributed by atoms with Crippen molar-refractivity contribution in [3.05, 3.63) is 56.6 Å². The predicted octanol–water partition coefficient (Wildman–Crippen LogP) is 4.19. The van der Waals surface area contributed by atoms with Gasteiger partial charge in [0.25, 0.3) is 0 Å². The molecule has 0 aliphatic heterocycles. The highest BCUT2D eigenvalue weighted by Gasteiger charge is 2.21. The predicted molar refractivity (Wildman–Crippen MR) is 80.9 cm³/mol. The van der Waals surface area contributed by atoms with Crippen LogP contribution in [0.1, 0.15) is 11.1 Å². The van der Waals surface area contributed by atoms with Crippen LogP contribution >= 0.6 is 31.9 Å². The Labute approximate surface area is 123 Å². The molecule has 0 atom stereocenters. The third-order valence-electron chi connectivity index (χ3n) is 3.20. The Balaban J connectivity index is 1.76. The number of hydrogen-bond acceptors (Lipinski definition) is 2. The van der Waals surface area contributed by atoms with Gasteiger partial charge in [-0.15, -0.1) is 0 Å². The second-order valence-corrected chi connectivity index (χ2v) is 6.27. The van der Waals surface area contributed by atoms with Gasteiger partial charge in [0, 0.05) is 16.7 Å². The highest BCUT2D eigenvalue weighted by atomic mass is 79.9. The highest BCUT2D eigenvalue weighted by Crippen LogP contribution is 2.28. The van der Waals surface area contributed by atoms with E-state index in [4.69, 9.17) is 0 Å². The summed E-state index contributed by atoms with van der Waals surface area (Å²) in [5.74, 6) is 0.913. The van der Waals surface area contributed by atoms with Gasteiger partial charge in [-0.1, -0.05) is 24.3 Å². The van der Waals surface area contributed by atoms with Gasteiger partial charge in [0.05, 0.1) is 4.47 Å². The van der Waals surface area contributed by atoms with Crippen molar-refractivity contribution in [1.82, 2.24) is 4.98 Å². The Hall–Kier alpha value is -0.870. The largest absolute Gasteiger partial charge is 0.366 e. The molecule has 0 radical (unpaired) electrons. The fraction of sp³-hybridized carbons (Fsp3) is 0.214. The molecule has 3 rings (SSSR count). The maximum absolute atomic E-state index is 4.40. The first kappa shape index (κ1) is 12.2. The number of halogens is 2. The molecule has 1 aromatic carbocycles. The van der Waals surface area contributed by atoms with Gasteiger partial charge in [-0.25, -0.2) is 4.98 Å². The molecule has 1 aliphatic rings. The van der Waals surface area contributed by atoms with Gasteiger partial charge in [0.1, 0.15) is 5.82 Å². The first-order valence-electron chi connectivity index (χ1n) is 5.87. The lowest BCUT2D eigenvalue weighted by Crippen LogP contribution is -2.20. The zero-order valence-electron chi connectivity index (χ0n) is 9.66. The van der Waals surface area contributed by atoms with E-state index in [2.05, 4.69) is 66.4 Å². The van der Waals surface area contributed by atoms with Crippen molar-refractivity contribution in [3.8, 4) is 0 Å². The number of rotatable bonds is 2. The molecule has 0 saturated heterocycles. The van der Waals surface area contributed by atoms with E-state index in [0.717, 1.165) is 27.6 Å². The summed E-state index contributed by atoms with van der Waals surface area (Å²) in [6.45, 7) is 0. The molecule has 0 unspecified atom stereocenters. The maximum atomic E-state index is 4.40. The van der Waals surface area contributed by atoms with Gasteiger partial charge in [0.15, 0.2) is 0 Å². The lowest BCUT2D eigenvalue weighted by atomic mass is 10.1. The van der Waals surface area contributed by atoms with Gasteiger partial charge < -0.3 is 5.32 Å². The Morgan fingerprint density at radius 3 is 2.39 bits per heavy atom. The third kappa shape index (κ3) is 2.45. The first-order chi connectivity index (χ1) is 8.72. The van der Waals surface area contributed by atoms with Gasteiger partial charge in [-0.05, 0) is 61.9 Å². The van der Waals surface area contributed by atoms with Crippen LogP contribution in [-0.2, 0) is 12.8 Å². The summed E-state index contributed by atoms with van der Waals surface area (Å²) in [5.41, 5.74) is 2.89. The van der Waals surface area contributed by atoms with Gasteiger partial charge in [-0.2, -0.15) is 0 Å². The first-order valence-corrected chi connectivity index (χ1v) is 7.45. The lowest BCUT2D eigenvalue weighted by molar-refractivity contribution is 0.768. The summed E-state index contributed by atoms with van der Waals surface area (Å²) in [4.78, 5) is 4.40. The molecule has 1 heterocycles. The van der Waals surface area contributed by atoms with Crippen molar-refractivity contribution in [2.75, 3.05) is 5.32 Å². The molecule has 0 bridgehead atoms. The minimum atomic E-state index is 0.437. The van der Waals surface area contributed by atoms with Gasteiger partial charge in [0.2, 0.25) is 0 Å². The topological polar surface area (TPSA) is 24.9 Å². The van der Waals surface area contributed by atoms with E-state index in [9.17, 15) is 0 Å². The van der Waals surface area contributed by atoms with Crippen LogP contribution in [-0.4, -0.2) is 11.0 Å². The van der Waals surface area contributed by atoms with Crippen LogP contribution in [0.5, 0.6) is 0 Å². The Morgan fingerprint density at radius 1 is 1.11 bits per heavy atom. The summed E-state index contributed by atoms with van der Waals surface area (Å²) in [6.07, 6.45) is 3.95. The second-order valence-electron chi connectivity index (χ2n) is 4.50. The van der Waals surface area contributed by atoms with Gasteiger partial charge in [-0.3, -0.25) is 0 Å². The van der Waals surface area contributed by atoms with E-state index >= 15 is 0 Å². The van der Waals surface area contributed by atoms with Crippen LogP contribution in [0.3, 0.4) is 0 Å². The molecular weight excluding hydrogens is 356 g/mol. The van der Waals surface area contributed by atoms with Crippen molar-refractivity contribution >= 4 is 37.7 Å². The molecule has 0 fully saturated rings. The molecule has 92 valence electrons. The quantitative estimate of drug-likeness (QED) is 0.860. The Kier molecular flexibility index (Phi) is 3.39. The SMILES string of the molecule is Brc1cnc(NC2Cc3ccccc3C2)c(Br)c1. The molecule has 1 aliphatic carbocycles. The number of fused-ring (bicyclic) bond motifs is 1. The van der Waals surface area contributed by atoms with Crippen LogP contribution in [0.25, 0.3) is 0 Å². The highest BCUT2D eigenvalue weighted by molar-refractivity contribution is 9.11. The van der Waals surface area contributed by atoms with E-state index in [1.807, 2.05) is 12.3 Å². The Bertz CT molecular complexity index is 559. The summed E-state index contributed by atoms with van der Waals surface area (Å²) in [5, 5.41) is 3.50. The number of nitrogens with one attached hydrogen (secondary N) is 1. The smallest absolute Gasteiger partial charge is 0.140 e. The molecule has 0 amide bonds. The molecule has 0 saturated carbocycles. The third-order valence-corrected chi connectivity index (χ3v) is 4.24. The van der Waals surface area contributed by atoms with E-state index in [0.29, 0.717) is 6.04 Å². The minimum Gasteiger partial charge on any atom is -0.366 e. The van der Waals surface area contributed by atoms with E-state index in [1.165, 1.54) is 11.1 Å². The van der Waals surface area contributed by atoms with Crippen molar-refractivity contribution in [3.63, 3.8) is 0 Å². The number of benzene rings is 1. The average molecular weight is 368 g/mol. The normalized spacial score (nSPS) is 14.6. The molecule has 0 spiro atoms. The van der Waals surface area contributed by atoms with Crippen LogP contribution in [0.4, 0.5) is 5.82 Å². The van der Waals surface area contributed by atoms with Crippen molar-refractivity contribution in [1.29, 1.82) is 0 Å². The van der Waals surface area contributed by atoms with Crippen LogP contribution in [0.2, 0.25) is 0 Å². The lowest BCUT2D eigenvalue weighted by Gasteiger charge is -2.14. The van der Waals surface area contributed by atoms with E-state index < -0.39 is 0 Å². The summed E-state index contributed by atoms with van der Waals surface area (Å²) >= 11 is 6.95. The summed E-state index contributed by atoms with van der Waals surface area (Å²) in [7, 11) is 0. The second kappa shape index (κ2) is 5.02. The minimum absolute atomic E-state index is 0.437. The zero-order valence-corrected chi connectivity index (χ0v) is 12.8. The molecule has 1 N–H and O–H groups in total. The number of hydrogen-bond donors (Lipinski definition) is 1. The monoisotopic (exact) mass is 366 g/mol. The van der Waals surface area contributed by atoms with Gasteiger partial charge >= 0.3 is 0 Å². The number of nitrogens with zero attached hydrogens (tertiary/aromatic N) is 1. The van der Waals surface area contributed by atoms with Crippen molar-refractivity contribution in [2.45, 2.75) is 18.9 Å². The average Bonchev–Trinajstić information content (AvgIpc) is 2.75. The van der Waals surface area contributed by atoms with Crippen molar-refractivity contribution in [2.24, 2.45) is 0 Å². The van der Waals surface area contributed by atoms with Crippen LogP contribution in [0, 0.1) is 0 Å². The molecule has 18 heavy (non-hydrogen) atoms. The molecular formula is C14H12Br2N2. The standard InChI is InChI=1S/C14H12Br2N2/c15-11-7-13(16)14(17-8-11)18-12-5-9-3-1-2-4-10(9)6-12/h1-4,7-8,12H,5-6H2,(H,17,18). The Morgan fingerprint density at radius 2 is 1.78 bits per heavy atom. The molecule has 2 nitrogen and oxygen atoms in total. The summed E-state index contributed by atoms with van der Waals surface area (Å²) < 4.78 is 1.97. The van der Waals surface area contributed by atoms with Crippen LogP contribution < -0.4 is 5.32 Å². The fourth-order valence-corrected chi connectivity index (χ4v) is 3.48.